The van der Waals surface area contributed by atoms with Gasteiger partial charge in [-0.1, -0.05) is 6.07 Å². The largest absolute Gasteiger partial charge is 0.346 e. The highest BCUT2D eigenvalue weighted by atomic mass is 15.3. The number of rotatable bonds is 4. The van der Waals surface area contributed by atoms with Crippen LogP contribution in [0.15, 0.2) is 49.3 Å². The Morgan fingerprint density at radius 1 is 1.19 bits per heavy atom. The summed E-state index contributed by atoms with van der Waals surface area (Å²) in [7, 11) is 0. The number of hydrogen-bond acceptors (Lipinski definition) is 6. The predicted molar refractivity (Wildman–Crippen MR) is 92.4 cm³/mol. The third kappa shape index (κ3) is 2.56. The normalized spacial score (nSPS) is 11.8. The first kappa shape index (κ1) is 15.5. The Morgan fingerprint density at radius 2 is 2.12 bits per heavy atom. The molecule has 8 heteroatoms. The molecule has 0 saturated carbocycles. The van der Waals surface area contributed by atoms with Crippen LogP contribution in [0.4, 0.5) is 0 Å². The van der Waals surface area contributed by atoms with Crippen molar-refractivity contribution in [1.29, 1.82) is 10.5 Å². The van der Waals surface area contributed by atoms with Crippen molar-refractivity contribution in [2.75, 3.05) is 0 Å². The minimum Gasteiger partial charge on any atom is -0.346 e. The summed E-state index contributed by atoms with van der Waals surface area (Å²) in [6, 6.07) is 9.29. The van der Waals surface area contributed by atoms with Gasteiger partial charge in [-0.15, -0.1) is 0 Å². The van der Waals surface area contributed by atoms with Crippen LogP contribution < -0.4 is 0 Å². The zero-order valence-electron chi connectivity index (χ0n) is 13.5. The van der Waals surface area contributed by atoms with Crippen molar-refractivity contribution >= 4 is 11.0 Å². The summed E-state index contributed by atoms with van der Waals surface area (Å²) in [5.74, 6) is 0. The number of aromatic amines is 1. The second-order valence-corrected chi connectivity index (χ2v) is 5.60. The zero-order chi connectivity index (χ0) is 17.9. The van der Waals surface area contributed by atoms with E-state index in [-0.39, 0.29) is 6.42 Å². The van der Waals surface area contributed by atoms with Crippen LogP contribution in [0, 0.1) is 22.7 Å². The van der Waals surface area contributed by atoms with E-state index >= 15 is 0 Å². The first-order valence-corrected chi connectivity index (χ1v) is 7.86. The average Bonchev–Trinajstić information content (AvgIpc) is 3.35. The van der Waals surface area contributed by atoms with E-state index in [1.54, 1.807) is 35.4 Å². The summed E-state index contributed by atoms with van der Waals surface area (Å²) < 4.78 is 1.68. The Morgan fingerprint density at radius 3 is 2.96 bits per heavy atom. The van der Waals surface area contributed by atoms with Gasteiger partial charge in [0.15, 0.2) is 0 Å². The van der Waals surface area contributed by atoms with E-state index in [1.807, 2.05) is 12.3 Å². The molecule has 124 valence electrons. The molecule has 0 fully saturated rings. The molecule has 8 nitrogen and oxygen atoms in total. The predicted octanol–water partition coefficient (Wildman–Crippen LogP) is 2.59. The van der Waals surface area contributed by atoms with Crippen molar-refractivity contribution in [3.63, 3.8) is 0 Å². The van der Waals surface area contributed by atoms with E-state index in [1.165, 1.54) is 6.33 Å². The van der Waals surface area contributed by atoms with Gasteiger partial charge in [0.25, 0.3) is 0 Å². The highest BCUT2D eigenvalue weighted by Crippen LogP contribution is 2.28. The third-order valence-corrected chi connectivity index (χ3v) is 4.14. The molecule has 0 aliphatic heterocycles. The molecule has 0 radical (unpaired) electrons. The number of nitriles is 2. The zero-order valence-corrected chi connectivity index (χ0v) is 13.5. The van der Waals surface area contributed by atoms with Crippen LogP contribution in [0.5, 0.6) is 0 Å². The van der Waals surface area contributed by atoms with E-state index in [9.17, 15) is 10.5 Å². The Labute approximate surface area is 148 Å². The van der Waals surface area contributed by atoms with E-state index in [2.05, 4.69) is 37.2 Å². The maximum atomic E-state index is 9.31. The first-order valence-electron chi connectivity index (χ1n) is 7.86. The summed E-state index contributed by atoms with van der Waals surface area (Å²) in [4.78, 5) is 15.7. The van der Waals surface area contributed by atoms with Crippen molar-refractivity contribution in [2.45, 2.75) is 12.5 Å². The van der Waals surface area contributed by atoms with Crippen molar-refractivity contribution in [3.8, 4) is 23.4 Å². The summed E-state index contributed by atoms with van der Waals surface area (Å²) in [6.45, 7) is 0. The van der Waals surface area contributed by atoms with Crippen molar-refractivity contribution in [3.05, 3.63) is 60.6 Å². The van der Waals surface area contributed by atoms with E-state index in [0.29, 0.717) is 11.3 Å². The van der Waals surface area contributed by atoms with Gasteiger partial charge in [-0.2, -0.15) is 15.6 Å². The average molecular weight is 340 g/mol. The number of nitrogens with one attached hydrogen (secondary N) is 1. The molecule has 4 aromatic rings. The number of hydrogen-bond donors (Lipinski definition) is 1. The Bertz CT molecular complexity index is 1160. The van der Waals surface area contributed by atoms with Crippen molar-refractivity contribution in [2.24, 2.45) is 0 Å². The van der Waals surface area contributed by atoms with Gasteiger partial charge >= 0.3 is 0 Å². The first-order chi connectivity index (χ1) is 12.8. The smallest absolute Gasteiger partial charge is 0.145 e. The molecule has 4 rings (SSSR count). The molecular formula is C18H12N8. The number of aromatic nitrogens is 6. The lowest BCUT2D eigenvalue weighted by Crippen LogP contribution is -2.13. The van der Waals surface area contributed by atoms with Crippen LogP contribution >= 0.6 is 0 Å². The second kappa shape index (κ2) is 6.46. The van der Waals surface area contributed by atoms with Gasteiger partial charge in [-0.3, -0.25) is 4.68 Å². The van der Waals surface area contributed by atoms with Crippen molar-refractivity contribution < 1.29 is 0 Å². The van der Waals surface area contributed by atoms with Crippen LogP contribution in [0.2, 0.25) is 0 Å². The van der Waals surface area contributed by atoms with Crippen LogP contribution in [0.3, 0.4) is 0 Å². The molecule has 4 aromatic heterocycles. The minimum absolute atomic E-state index is 0.171. The summed E-state index contributed by atoms with van der Waals surface area (Å²) in [6.07, 6.45) is 8.55. The molecule has 0 saturated heterocycles. The lowest BCUT2D eigenvalue weighted by Gasteiger charge is -2.15. The SMILES string of the molecule is N#CCC(c1cccnc1C#N)n1cc(-c2ncnc3[nH]ccc23)cn1. The van der Waals surface area contributed by atoms with Gasteiger partial charge in [0.1, 0.15) is 23.7 Å². The number of H-pyrrole nitrogens is 1. The maximum absolute atomic E-state index is 9.31. The molecule has 0 aliphatic rings. The highest BCUT2D eigenvalue weighted by molar-refractivity contribution is 5.89. The Kier molecular flexibility index (Phi) is 3.85. The molecule has 4 heterocycles. The van der Waals surface area contributed by atoms with E-state index < -0.39 is 6.04 Å². The van der Waals surface area contributed by atoms with Gasteiger partial charge in [0, 0.05) is 35.1 Å². The van der Waals surface area contributed by atoms with Gasteiger partial charge in [0.2, 0.25) is 0 Å². The van der Waals surface area contributed by atoms with E-state index in [4.69, 9.17) is 0 Å². The monoisotopic (exact) mass is 340 g/mol. The molecule has 1 N–H and O–H groups in total. The van der Waals surface area contributed by atoms with Crippen LogP contribution in [-0.4, -0.2) is 29.7 Å². The van der Waals surface area contributed by atoms with Gasteiger partial charge < -0.3 is 4.98 Å². The summed E-state index contributed by atoms with van der Waals surface area (Å²) in [5, 5.41) is 23.9. The molecule has 0 aromatic carbocycles. The van der Waals surface area contributed by atoms with Crippen LogP contribution in [-0.2, 0) is 0 Å². The van der Waals surface area contributed by atoms with Gasteiger partial charge in [0.05, 0.1) is 30.4 Å². The number of pyridine rings is 1. The standard InChI is InChI=1S/C18H12N8/c19-5-3-16(13-2-1-6-21-15(13)8-20)26-10-12(9-25-26)17-14-4-7-22-18(14)24-11-23-17/h1-2,4,6-7,9-11,16H,3H2,(H,22,23,24). The van der Waals surface area contributed by atoms with Gasteiger partial charge in [-0.05, 0) is 12.1 Å². The molecule has 26 heavy (non-hydrogen) atoms. The topological polar surface area (TPSA) is 120 Å². The molecule has 1 unspecified atom stereocenters. The Hall–Kier alpha value is -4.04. The molecule has 0 spiro atoms. The fourth-order valence-electron chi connectivity index (χ4n) is 2.95. The highest BCUT2D eigenvalue weighted by Gasteiger charge is 2.20. The lowest BCUT2D eigenvalue weighted by atomic mass is 10.0. The third-order valence-electron chi connectivity index (χ3n) is 4.14. The van der Waals surface area contributed by atoms with Crippen LogP contribution in [0.25, 0.3) is 22.3 Å². The number of fused-ring (bicyclic) bond motifs is 1. The molecular weight excluding hydrogens is 328 g/mol. The fourth-order valence-corrected chi connectivity index (χ4v) is 2.95. The number of nitrogens with zero attached hydrogens (tertiary/aromatic N) is 7. The summed E-state index contributed by atoms with van der Waals surface area (Å²) in [5.41, 5.74) is 3.27. The lowest BCUT2D eigenvalue weighted by molar-refractivity contribution is 0.530. The van der Waals surface area contributed by atoms with Crippen LogP contribution in [0.1, 0.15) is 23.7 Å². The molecule has 0 amide bonds. The quantitative estimate of drug-likeness (QED) is 0.609. The molecule has 1 atom stereocenters. The molecule has 0 aliphatic carbocycles. The summed E-state index contributed by atoms with van der Waals surface area (Å²) >= 11 is 0. The Balaban J connectivity index is 1.79. The second-order valence-electron chi connectivity index (χ2n) is 5.60. The van der Waals surface area contributed by atoms with E-state index in [0.717, 1.165) is 22.3 Å². The van der Waals surface area contributed by atoms with Crippen molar-refractivity contribution in [1.82, 2.24) is 29.7 Å². The molecule has 0 bridgehead atoms. The minimum atomic E-state index is -0.402. The maximum Gasteiger partial charge on any atom is 0.145 e. The van der Waals surface area contributed by atoms with Gasteiger partial charge in [-0.25, -0.2) is 15.0 Å². The fraction of sp³-hybridized carbons (Fsp3) is 0.111.